The molecule has 0 spiro atoms. The van der Waals surface area contributed by atoms with Crippen LogP contribution in [0.5, 0.6) is 0 Å². The van der Waals surface area contributed by atoms with Crippen molar-refractivity contribution in [1.82, 2.24) is 29.4 Å². The Morgan fingerprint density at radius 2 is 1.81 bits per heavy atom. The van der Waals surface area contributed by atoms with E-state index in [1.807, 2.05) is 24.0 Å². The molecule has 1 aliphatic heterocycles. The molecule has 1 aromatic carbocycles. The van der Waals surface area contributed by atoms with Gasteiger partial charge >= 0.3 is 5.69 Å². The van der Waals surface area contributed by atoms with E-state index >= 15 is 0 Å². The van der Waals surface area contributed by atoms with Crippen molar-refractivity contribution in [2.45, 2.75) is 52.5 Å². The van der Waals surface area contributed by atoms with Gasteiger partial charge in [-0.05, 0) is 45.2 Å². The van der Waals surface area contributed by atoms with Crippen molar-refractivity contribution in [1.29, 1.82) is 0 Å². The van der Waals surface area contributed by atoms with E-state index in [0.29, 0.717) is 5.69 Å². The molecule has 32 heavy (non-hydrogen) atoms. The molecule has 2 aromatic heterocycles. The van der Waals surface area contributed by atoms with E-state index in [1.165, 1.54) is 0 Å². The summed E-state index contributed by atoms with van der Waals surface area (Å²) in [5.74, 6) is 0.310. The minimum absolute atomic E-state index is 0.00140. The number of benzene rings is 1. The molecule has 0 unspecified atom stereocenters. The van der Waals surface area contributed by atoms with Crippen molar-refractivity contribution in [3.05, 3.63) is 56.6 Å². The number of carbonyl (C=O) groups excluding carboxylic acids is 1. The molecule has 0 aliphatic carbocycles. The van der Waals surface area contributed by atoms with Crippen molar-refractivity contribution < 1.29 is 9.32 Å². The first-order chi connectivity index (χ1) is 15.5. The Morgan fingerprint density at radius 3 is 2.50 bits per heavy atom. The van der Waals surface area contributed by atoms with Crippen LogP contribution in [0.25, 0.3) is 17.2 Å². The zero-order valence-electron chi connectivity index (χ0n) is 18.3. The minimum atomic E-state index is -0.586. The summed E-state index contributed by atoms with van der Waals surface area (Å²) in [7, 11) is 0. The van der Waals surface area contributed by atoms with Gasteiger partial charge in [0.1, 0.15) is 0 Å². The monoisotopic (exact) mass is 438 g/mol. The normalized spacial score (nSPS) is 14.0. The highest BCUT2D eigenvalue weighted by Crippen LogP contribution is 2.14. The molecule has 10 nitrogen and oxygen atoms in total. The molecule has 10 heteroatoms. The number of aryl methyl sites for hydroxylation is 2. The van der Waals surface area contributed by atoms with Crippen LogP contribution in [-0.2, 0) is 17.8 Å². The van der Waals surface area contributed by atoms with Gasteiger partial charge in [0.25, 0.3) is 5.56 Å². The fraction of sp³-hybridized carbons (Fsp3) is 0.455. The lowest BCUT2D eigenvalue weighted by molar-refractivity contribution is -0.132. The van der Waals surface area contributed by atoms with Gasteiger partial charge in [-0.15, -0.1) is 0 Å². The lowest BCUT2D eigenvalue weighted by Crippen LogP contribution is -2.41. The Bertz CT molecular complexity index is 1220. The third-order valence-corrected chi connectivity index (χ3v) is 5.60. The summed E-state index contributed by atoms with van der Waals surface area (Å²) in [6, 6.07) is 7.23. The van der Waals surface area contributed by atoms with Gasteiger partial charge in [-0.1, -0.05) is 22.9 Å². The fourth-order valence-electron chi connectivity index (χ4n) is 3.76. The second-order valence-corrected chi connectivity index (χ2v) is 7.88. The fourth-order valence-corrected chi connectivity index (χ4v) is 3.76. The number of likely N-dealkylation sites (tertiary alicyclic amines) is 1. The summed E-state index contributed by atoms with van der Waals surface area (Å²) in [6.07, 6.45) is 3.76. The van der Waals surface area contributed by atoms with Gasteiger partial charge in [0.05, 0.1) is 5.69 Å². The predicted octanol–water partition coefficient (Wildman–Crippen LogP) is 1.72. The Hall–Kier alpha value is -3.56. The number of piperidine rings is 1. The molecule has 0 radical (unpaired) electrons. The Kier molecular flexibility index (Phi) is 6.29. The van der Waals surface area contributed by atoms with Crippen LogP contribution < -0.4 is 11.2 Å². The van der Waals surface area contributed by atoms with Crippen molar-refractivity contribution in [3.63, 3.8) is 0 Å². The lowest BCUT2D eigenvalue weighted by Gasteiger charge is -2.26. The second kappa shape index (κ2) is 9.29. The van der Waals surface area contributed by atoms with Crippen molar-refractivity contribution in [3.8, 4) is 17.2 Å². The molecule has 0 atom stereocenters. The summed E-state index contributed by atoms with van der Waals surface area (Å²) in [6.45, 7) is 5.40. The van der Waals surface area contributed by atoms with E-state index in [-0.39, 0.29) is 42.7 Å². The van der Waals surface area contributed by atoms with Gasteiger partial charge in [-0.2, -0.15) is 14.8 Å². The average Bonchev–Trinajstić information content (AvgIpc) is 3.28. The van der Waals surface area contributed by atoms with E-state index < -0.39 is 11.2 Å². The SMILES string of the molecule is CCn1c(=O)c(-c2noc(CCC(=O)N3CCCCC3)n2)nn(-c2ccc(C)cc2)c1=O. The maximum absolute atomic E-state index is 12.8. The predicted molar refractivity (Wildman–Crippen MR) is 117 cm³/mol. The highest BCUT2D eigenvalue weighted by Gasteiger charge is 2.21. The van der Waals surface area contributed by atoms with E-state index in [4.69, 9.17) is 4.52 Å². The number of hydrogen-bond donors (Lipinski definition) is 0. The van der Waals surface area contributed by atoms with Gasteiger partial charge in [-0.3, -0.25) is 14.2 Å². The summed E-state index contributed by atoms with van der Waals surface area (Å²) in [5, 5.41) is 8.13. The third-order valence-electron chi connectivity index (χ3n) is 5.60. The first-order valence-electron chi connectivity index (χ1n) is 10.9. The number of carbonyl (C=O) groups is 1. The Balaban J connectivity index is 1.61. The number of hydrogen-bond acceptors (Lipinski definition) is 7. The lowest BCUT2D eigenvalue weighted by atomic mass is 10.1. The van der Waals surface area contributed by atoms with Crippen LogP contribution in [0.4, 0.5) is 0 Å². The maximum atomic E-state index is 12.8. The topological polar surface area (TPSA) is 116 Å². The highest BCUT2D eigenvalue weighted by molar-refractivity contribution is 5.76. The smallest absolute Gasteiger partial charge is 0.343 e. The molecule has 3 aromatic rings. The molecular weight excluding hydrogens is 412 g/mol. The van der Waals surface area contributed by atoms with Crippen LogP contribution in [-0.4, -0.2) is 48.4 Å². The maximum Gasteiger partial charge on any atom is 0.352 e. The third kappa shape index (κ3) is 4.39. The van der Waals surface area contributed by atoms with Gasteiger partial charge in [-0.25, -0.2) is 4.79 Å². The van der Waals surface area contributed by atoms with Crippen LogP contribution in [0.3, 0.4) is 0 Å². The average molecular weight is 438 g/mol. The standard InChI is InChI=1S/C22H26N6O4/c1-3-27-21(30)19(24-28(22(27)31)16-9-7-15(2)8-10-16)20-23-17(32-25-20)11-12-18(29)26-13-5-4-6-14-26/h7-10H,3-6,11-14H2,1-2H3. The second-order valence-electron chi connectivity index (χ2n) is 7.88. The molecule has 3 heterocycles. The van der Waals surface area contributed by atoms with E-state index in [1.54, 1.807) is 19.1 Å². The first kappa shape index (κ1) is 21.7. The van der Waals surface area contributed by atoms with Crippen LogP contribution in [0.15, 0.2) is 38.4 Å². The zero-order valence-corrected chi connectivity index (χ0v) is 18.3. The van der Waals surface area contributed by atoms with Crippen LogP contribution in [0.2, 0.25) is 0 Å². The van der Waals surface area contributed by atoms with Crippen LogP contribution in [0.1, 0.15) is 44.1 Å². The Labute approximate surface area is 184 Å². The van der Waals surface area contributed by atoms with Gasteiger partial charge in [0.15, 0.2) is 5.69 Å². The number of nitrogens with zero attached hydrogens (tertiary/aromatic N) is 6. The molecule has 1 amide bonds. The summed E-state index contributed by atoms with van der Waals surface area (Å²) < 4.78 is 7.51. The molecule has 168 valence electrons. The molecule has 1 saturated heterocycles. The van der Waals surface area contributed by atoms with Gasteiger partial charge < -0.3 is 9.42 Å². The highest BCUT2D eigenvalue weighted by atomic mass is 16.5. The molecule has 0 bridgehead atoms. The van der Waals surface area contributed by atoms with Gasteiger partial charge in [0.2, 0.25) is 17.6 Å². The molecule has 0 saturated carbocycles. The largest absolute Gasteiger partial charge is 0.352 e. The number of amides is 1. The summed E-state index contributed by atoms with van der Waals surface area (Å²) >= 11 is 0. The number of rotatable bonds is 6. The van der Waals surface area contributed by atoms with Gasteiger partial charge in [0, 0.05) is 32.5 Å². The van der Waals surface area contributed by atoms with Crippen molar-refractivity contribution in [2.24, 2.45) is 0 Å². The van der Waals surface area contributed by atoms with Crippen molar-refractivity contribution >= 4 is 5.91 Å². The molecule has 1 aliphatic rings. The van der Waals surface area contributed by atoms with Crippen molar-refractivity contribution in [2.75, 3.05) is 13.1 Å². The van der Waals surface area contributed by atoms with Crippen LogP contribution in [0, 0.1) is 6.92 Å². The molecular formula is C22H26N6O4. The molecule has 1 fully saturated rings. The van der Waals surface area contributed by atoms with Crippen LogP contribution >= 0.6 is 0 Å². The zero-order chi connectivity index (χ0) is 22.7. The quantitative estimate of drug-likeness (QED) is 0.575. The van der Waals surface area contributed by atoms with E-state index in [9.17, 15) is 14.4 Å². The molecule has 0 N–H and O–H groups in total. The minimum Gasteiger partial charge on any atom is -0.343 e. The molecule has 4 rings (SSSR count). The first-order valence-corrected chi connectivity index (χ1v) is 10.9. The van der Waals surface area contributed by atoms with E-state index in [2.05, 4.69) is 15.2 Å². The Morgan fingerprint density at radius 1 is 1.09 bits per heavy atom. The summed E-state index contributed by atoms with van der Waals surface area (Å²) in [5.41, 5.74) is 0.357. The van der Waals surface area contributed by atoms with E-state index in [0.717, 1.165) is 47.2 Å². The number of aromatic nitrogens is 5. The summed E-state index contributed by atoms with van der Waals surface area (Å²) in [4.78, 5) is 44.1.